The minimum atomic E-state index is 1.12. The lowest BCUT2D eigenvalue weighted by Crippen LogP contribution is -1.66. The molecule has 0 aliphatic carbocycles. The molecule has 0 unspecified atom stereocenters. The van der Waals surface area contributed by atoms with Crippen molar-refractivity contribution < 1.29 is 0 Å². The molecule has 0 atom stereocenters. The topological polar surface area (TPSA) is 12.9 Å². The summed E-state index contributed by atoms with van der Waals surface area (Å²) in [5.41, 5.74) is 0. The van der Waals surface area contributed by atoms with E-state index < -0.39 is 0 Å². The highest BCUT2D eigenvalue weighted by molar-refractivity contribution is 7.19. The van der Waals surface area contributed by atoms with Gasteiger partial charge >= 0.3 is 0 Å². The lowest BCUT2D eigenvalue weighted by atomic mass is 10.3. The Bertz CT molecular complexity index is 331. The van der Waals surface area contributed by atoms with Crippen LogP contribution in [0.5, 0.6) is 0 Å². The van der Waals surface area contributed by atoms with Crippen LogP contribution in [0.25, 0.3) is 10.1 Å². The molecule has 0 saturated heterocycles. The van der Waals surface area contributed by atoms with E-state index >= 15 is 0 Å². The summed E-state index contributed by atoms with van der Waals surface area (Å²) in [6.45, 7) is 2.18. The van der Waals surface area contributed by atoms with Crippen molar-refractivity contribution in [3.63, 3.8) is 0 Å². The minimum Gasteiger partial charge on any atom is -0.264 e. The van der Waals surface area contributed by atoms with Crippen molar-refractivity contribution in [3.8, 4) is 0 Å². The molecule has 0 fully saturated rings. The second-order valence-electron chi connectivity index (χ2n) is 2.48. The van der Waals surface area contributed by atoms with Crippen molar-refractivity contribution in [3.05, 3.63) is 29.4 Å². The van der Waals surface area contributed by atoms with Gasteiger partial charge in [-0.3, -0.25) is 4.98 Å². The van der Waals surface area contributed by atoms with E-state index in [0.29, 0.717) is 0 Å². The first kappa shape index (κ1) is 6.80. The third-order valence-electron chi connectivity index (χ3n) is 1.72. The summed E-state index contributed by atoms with van der Waals surface area (Å²) < 4.78 is 1.34. The van der Waals surface area contributed by atoms with Crippen molar-refractivity contribution >= 4 is 21.4 Å². The molecule has 0 saturated carbocycles. The highest BCUT2D eigenvalue weighted by Gasteiger charge is 1.97. The highest BCUT2D eigenvalue weighted by Crippen LogP contribution is 2.24. The molecule has 0 spiro atoms. The summed E-state index contributed by atoms with van der Waals surface area (Å²) in [5, 5.41) is 1.27. The van der Waals surface area contributed by atoms with Gasteiger partial charge < -0.3 is 0 Å². The van der Waals surface area contributed by atoms with Crippen molar-refractivity contribution in [1.29, 1.82) is 0 Å². The van der Waals surface area contributed by atoms with E-state index in [1.807, 2.05) is 23.7 Å². The molecule has 0 radical (unpaired) electrons. The number of hydrogen-bond donors (Lipinski definition) is 0. The van der Waals surface area contributed by atoms with Crippen LogP contribution in [0.4, 0.5) is 0 Å². The van der Waals surface area contributed by atoms with Crippen molar-refractivity contribution in [2.75, 3.05) is 0 Å². The number of thiophene rings is 1. The fourth-order valence-electron chi connectivity index (χ4n) is 1.11. The fourth-order valence-corrected chi connectivity index (χ4v) is 2.08. The molecule has 1 nitrogen and oxygen atoms in total. The zero-order chi connectivity index (χ0) is 7.68. The summed E-state index contributed by atoms with van der Waals surface area (Å²) in [6, 6.07) is 4.28. The summed E-state index contributed by atoms with van der Waals surface area (Å²) in [5.74, 6) is 0. The van der Waals surface area contributed by atoms with Gasteiger partial charge in [-0.2, -0.15) is 0 Å². The third-order valence-corrected chi connectivity index (χ3v) is 2.98. The van der Waals surface area contributed by atoms with E-state index in [0.717, 1.165) is 6.42 Å². The first-order valence-corrected chi connectivity index (χ1v) is 4.54. The molecule has 2 heterocycles. The number of rotatable bonds is 1. The molecule has 11 heavy (non-hydrogen) atoms. The van der Waals surface area contributed by atoms with Crippen LogP contribution in [0.2, 0.25) is 0 Å². The van der Waals surface area contributed by atoms with Gasteiger partial charge in [-0.05, 0) is 18.6 Å². The van der Waals surface area contributed by atoms with Crippen LogP contribution >= 0.6 is 11.3 Å². The highest BCUT2D eigenvalue weighted by atomic mass is 32.1. The Morgan fingerprint density at radius 1 is 1.55 bits per heavy atom. The number of aromatic nitrogens is 1. The van der Waals surface area contributed by atoms with Crippen LogP contribution in [0.3, 0.4) is 0 Å². The predicted octanol–water partition coefficient (Wildman–Crippen LogP) is 2.86. The maximum Gasteiger partial charge on any atom is 0.0376 e. The molecule has 2 rings (SSSR count). The van der Waals surface area contributed by atoms with Crippen LogP contribution in [0, 0.1) is 0 Å². The van der Waals surface area contributed by atoms with Crippen LogP contribution < -0.4 is 0 Å². The molecule has 0 aromatic carbocycles. The number of aryl methyl sites for hydroxylation is 1. The first-order valence-electron chi connectivity index (χ1n) is 3.72. The first-order chi connectivity index (χ1) is 5.40. The van der Waals surface area contributed by atoms with E-state index in [-0.39, 0.29) is 0 Å². The number of nitrogens with zero attached hydrogens (tertiary/aromatic N) is 1. The van der Waals surface area contributed by atoms with Crippen molar-refractivity contribution in [2.24, 2.45) is 0 Å². The standard InChI is InChI=1S/C9H9NS/c1-2-8-5-7-6-10-4-3-9(7)11-8/h3-6H,2H2,1H3. The predicted molar refractivity (Wildman–Crippen MR) is 49.0 cm³/mol. The summed E-state index contributed by atoms with van der Waals surface area (Å²) in [6.07, 6.45) is 4.89. The SMILES string of the molecule is CCc1cc2cnccc2s1. The van der Waals surface area contributed by atoms with E-state index in [1.54, 1.807) is 0 Å². The molecule has 0 aliphatic heterocycles. The van der Waals surface area contributed by atoms with Gasteiger partial charge in [0, 0.05) is 27.4 Å². The molecule has 2 heteroatoms. The van der Waals surface area contributed by atoms with Gasteiger partial charge in [0.25, 0.3) is 0 Å². The lowest BCUT2D eigenvalue weighted by molar-refractivity contribution is 1.19. The molecule has 0 bridgehead atoms. The van der Waals surface area contributed by atoms with E-state index in [1.165, 1.54) is 15.0 Å². The van der Waals surface area contributed by atoms with Gasteiger partial charge in [0.1, 0.15) is 0 Å². The quantitative estimate of drug-likeness (QED) is 0.630. The van der Waals surface area contributed by atoms with E-state index in [4.69, 9.17) is 0 Å². The Labute approximate surface area is 69.7 Å². The molecular weight excluding hydrogens is 154 g/mol. The van der Waals surface area contributed by atoms with Crippen molar-refractivity contribution in [1.82, 2.24) is 4.98 Å². The fraction of sp³-hybridized carbons (Fsp3) is 0.222. The zero-order valence-electron chi connectivity index (χ0n) is 6.37. The molecule has 0 aliphatic rings. The second-order valence-corrected chi connectivity index (χ2v) is 3.65. The van der Waals surface area contributed by atoms with Gasteiger partial charge in [0.2, 0.25) is 0 Å². The monoisotopic (exact) mass is 163 g/mol. The van der Waals surface area contributed by atoms with Gasteiger partial charge in [0.15, 0.2) is 0 Å². The molecule has 0 amide bonds. The van der Waals surface area contributed by atoms with Gasteiger partial charge in [-0.25, -0.2) is 0 Å². The van der Waals surface area contributed by atoms with Crippen LogP contribution in [0.1, 0.15) is 11.8 Å². The molecular formula is C9H9NS. The van der Waals surface area contributed by atoms with Gasteiger partial charge in [0.05, 0.1) is 0 Å². The number of fused-ring (bicyclic) bond motifs is 1. The van der Waals surface area contributed by atoms with Gasteiger partial charge in [-0.15, -0.1) is 11.3 Å². The molecule has 2 aromatic rings. The van der Waals surface area contributed by atoms with Crippen LogP contribution in [-0.2, 0) is 6.42 Å². The van der Waals surface area contributed by atoms with Gasteiger partial charge in [-0.1, -0.05) is 6.92 Å². The molecule has 2 aromatic heterocycles. The average molecular weight is 163 g/mol. The van der Waals surface area contributed by atoms with Crippen LogP contribution in [0.15, 0.2) is 24.5 Å². The van der Waals surface area contributed by atoms with E-state index in [9.17, 15) is 0 Å². The molecule has 56 valence electrons. The maximum atomic E-state index is 4.07. The normalized spacial score (nSPS) is 10.6. The summed E-state index contributed by atoms with van der Waals surface area (Å²) >= 11 is 1.86. The second kappa shape index (κ2) is 2.62. The summed E-state index contributed by atoms with van der Waals surface area (Å²) in [7, 11) is 0. The Kier molecular flexibility index (Phi) is 1.62. The lowest BCUT2D eigenvalue weighted by Gasteiger charge is -1.81. The van der Waals surface area contributed by atoms with Crippen LogP contribution in [-0.4, -0.2) is 4.98 Å². The summed E-state index contributed by atoms with van der Waals surface area (Å²) in [4.78, 5) is 5.51. The maximum absolute atomic E-state index is 4.07. The smallest absolute Gasteiger partial charge is 0.0376 e. The average Bonchev–Trinajstić information content (AvgIpc) is 2.46. The number of hydrogen-bond acceptors (Lipinski definition) is 2. The van der Waals surface area contributed by atoms with Crippen molar-refractivity contribution in [2.45, 2.75) is 13.3 Å². The Balaban J connectivity index is 2.69. The Morgan fingerprint density at radius 3 is 3.18 bits per heavy atom. The third kappa shape index (κ3) is 1.14. The molecule has 0 N–H and O–H groups in total. The zero-order valence-corrected chi connectivity index (χ0v) is 7.19. The Hall–Kier alpha value is -0.890. The van der Waals surface area contributed by atoms with E-state index in [2.05, 4.69) is 24.0 Å². The number of pyridine rings is 1. The Morgan fingerprint density at radius 2 is 2.45 bits per heavy atom. The minimum absolute atomic E-state index is 1.12. The largest absolute Gasteiger partial charge is 0.264 e.